The minimum Gasteiger partial charge on any atom is -0.304 e. The molecule has 4 nitrogen and oxygen atoms in total. The molecule has 128 valence electrons. The van der Waals surface area contributed by atoms with E-state index in [0.717, 1.165) is 23.1 Å². The van der Waals surface area contributed by atoms with Crippen LogP contribution in [0.25, 0.3) is 0 Å². The average molecular weight is 349 g/mol. The van der Waals surface area contributed by atoms with Crippen molar-refractivity contribution in [2.24, 2.45) is 5.73 Å². The summed E-state index contributed by atoms with van der Waals surface area (Å²) >= 11 is 0. The summed E-state index contributed by atoms with van der Waals surface area (Å²) < 4.78 is 79.1. The van der Waals surface area contributed by atoms with Gasteiger partial charge in [-0.1, -0.05) is 0 Å². The maximum absolute atomic E-state index is 13.8. The maximum Gasteiger partial charge on any atom is 0.419 e. The number of alkyl halides is 3. The predicted molar refractivity (Wildman–Crippen MR) is 72.1 cm³/mol. The molecule has 0 saturated heterocycles. The topological polar surface area (TPSA) is 52.7 Å². The first-order chi connectivity index (χ1) is 11.1. The molecule has 0 fully saturated rings. The molecule has 1 heterocycles. The van der Waals surface area contributed by atoms with Crippen LogP contribution in [0.2, 0.25) is 0 Å². The quantitative estimate of drug-likeness (QED) is 0.771. The highest BCUT2D eigenvalue weighted by molar-refractivity contribution is 5.83. The highest BCUT2D eigenvalue weighted by Crippen LogP contribution is 2.45. The molecule has 1 aliphatic heterocycles. The Balaban J connectivity index is 2.17. The van der Waals surface area contributed by atoms with Crippen LogP contribution in [-0.4, -0.2) is 11.5 Å². The molecule has 24 heavy (non-hydrogen) atoms. The van der Waals surface area contributed by atoms with Crippen LogP contribution in [-0.2, 0) is 6.18 Å². The summed E-state index contributed by atoms with van der Waals surface area (Å²) in [5.74, 6) is -4.17. The fraction of sp³-hybridized carbons (Fsp3) is 0.143. The molecule has 0 bridgehead atoms. The molecular weight excluding hydrogens is 340 g/mol. The van der Waals surface area contributed by atoms with Crippen LogP contribution in [0.15, 0.2) is 30.3 Å². The van der Waals surface area contributed by atoms with E-state index >= 15 is 0 Å². The second kappa shape index (κ2) is 5.28. The van der Waals surface area contributed by atoms with Gasteiger partial charge in [0.2, 0.25) is 0 Å². The maximum atomic E-state index is 13.8. The van der Waals surface area contributed by atoms with Crippen molar-refractivity contribution >= 4 is 17.1 Å². The van der Waals surface area contributed by atoms with Crippen LogP contribution >= 0.6 is 0 Å². The van der Waals surface area contributed by atoms with Gasteiger partial charge in [-0.3, -0.25) is 10.9 Å². The Kier molecular flexibility index (Phi) is 3.61. The summed E-state index contributed by atoms with van der Waals surface area (Å²) in [6.45, 7) is 0. The van der Waals surface area contributed by atoms with Crippen LogP contribution < -0.4 is 15.7 Å². The summed E-state index contributed by atoms with van der Waals surface area (Å²) in [7, 11) is 0. The lowest BCUT2D eigenvalue weighted by atomic mass is 10.1. The van der Waals surface area contributed by atoms with E-state index in [2.05, 4.69) is 0 Å². The van der Waals surface area contributed by atoms with Crippen molar-refractivity contribution in [1.82, 2.24) is 0 Å². The van der Waals surface area contributed by atoms with Crippen molar-refractivity contribution in [3.05, 3.63) is 53.3 Å². The zero-order valence-corrected chi connectivity index (χ0v) is 11.7. The zero-order valence-electron chi connectivity index (χ0n) is 11.7. The number of hydroxylamine groups is 1. The molecule has 0 radical (unpaired) electrons. The molecule has 3 N–H and O–H groups in total. The lowest BCUT2D eigenvalue weighted by Gasteiger charge is -2.26. The summed E-state index contributed by atoms with van der Waals surface area (Å²) in [5, 5.41) is 10.0. The third kappa shape index (κ3) is 2.34. The van der Waals surface area contributed by atoms with Gasteiger partial charge < -0.3 is 4.90 Å². The smallest absolute Gasteiger partial charge is 0.304 e. The number of anilines is 3. The molecule has 3 rings (SSSR count). The predicted octanol–water partition coefficient (Wildman–Crippen LogP) is 3.71. The Morgan fingerprint density at radius 2 is 1.62 bits per heavy atom. The van der Waals surface area contributed by atoms with Crippen LogP contribution in [0, 0.1) is 17.5 Å². The van der Waals surface area contributed by atoms with Crippen LogP contribution in [0.4, 0.5) is 43.4 Å². The van der Waals surface area contributed by atoms with Crippen LogP contribution in [0.1, 0.15) is 5.56 Å². The number of rotatable bonds is 1. The fourth-order valence-corrected chi connectivity index (χ4v) is 2.50. The van der Waals surface area contributed by atoms with Crippen LogP contribution in [0.3, 0.4) is 0 Å². The first kappa shape index (κ1) is 16.4. The SMILES string of the molecule is NC1N(O)c2c(ccc(F)c2F)N1c1ccc(F)c(C(F)(F)F)c1. The van der Waals surface area contributed by atoms with E-state index in [-0.39, 0.29) is 16.4 Å². The molecule has 0 saturated carbocycles. The number of halogens is 6. The summed E-state index contributed by atoms with van der Waals surface area (Å²) in [4.78, 5) is 0.923. The van der Waals surface area contributed by atoms with E-state index in [1.165, 1.54) is 0 Å². The molecule has 0 aromatic heterocycles. The largest absolute Gasteiger partial charge is 0.419 e. The summed E-state index contributed by atoms with van der Waals surface area (Å²) in [5.41, 5.74) is 3.07. The van der Waals surface area contributed by atoms with Gasteiger partial charge in [0.05, 0.1) is 11.3 Å². The van der Waals surface area contributed by atoms with Gasteiger partial charge >= 0.3 is 6.18 Å². The van der Waals surface area contributed by atoms with E-state index < -0.39 is 41.2 Å². The molecule has 10 heteroatoms. The van der Waals surface area contributed by atoms with Gasteiger partial charge in [0.1, 0.15) is 11.5 Å². The fourth-order valence-electron chi connectivity index (χ4n) is 2.50. The molecule has 1 unspecified atom stereocenters. The second-order valence-corrected chi connectivity index (χ2v) is 5.02. The van der Waals surface area contributed by atoms with Crippen molar-refractivity contribution in [2.75, 3.05) is 9.96 Å². The van der Waals surface area contributed by atoms with Crippen molar-refractivity contribution in [2.45, 2.75) is 12.5 Å². The third-order valence-corrected chi connectivity index (χ3v) is 3.59. The Labute approximate surface area is 131 Å². The molecule has 1 atom stereocenters. The highest BCUT2D eigenvalue weighted by Gasteiger charge is 2.40. The number of hydrogen-bond acceptors (Lipinski definition) is 4. The van der Waals surface area contributed by atoms with Gasteiger partial charge in [0.15, 0.2) is 17.9 Å². The van der Waals surface area contributed by atoms with E-state index in [0.29, 0.717) is 12.1 Å². The van der Waals surface area contributed by atoms with Gasteiger partial charge in [-0.05, 0) is 30.3 Å². The normalized spacial score (nSPS) is 17.4. The minimum absolute atomic E-state index is 0.163. The summed E-state index contributed by atoms with van der Waals surface area (Å²) in [6, 6.07) is 3.81. The van der Waals surface area contributed by atoms with Crippen molar-refractivity contribution in [3.8, 4) is 0 Å². The Morgan fingerprint density at radius 3 is 2.25 bits per heavy atom. The van der Waals surface area contributed by atoms with Gasteiger partial charge in [-0.25, -0.2) is 18.2 Å². The number of benzene rings is 2. The first-order valence-electron chi connectivity index (χ1n) is 6.50. The van der Waals surface area contributed by atoms with Crippen molar-refractivity contribution in [3.63, 3.8) is 0 Å². The van der Waals surface area contributed by atoms with Gasteiger partial charge in [-0.2, -0.15) is 13.2 Å². The molecule has 0 amide bonds. The van der Waals surface area contributed by atoms with Gasteiger partial charge in [0, 0.05) is 5.69 Å². The second-order valence-electron chi connectivity index (χ2n) is 5.02. The van der Waals surface area contributed by atoms with Crippen molar-refractivity contribution in [1.29, 1.82) is 0 Å². The minimum atomic E-state index is -4.96. The number of nitrogens with two attached hydrogens (primary N) is 1. The molecule has 0 spiro atoms. The van der Waals surface area contributed by atoms with Crippen molar-refractivity contribution < 1.29 is 31.5 Å². The van der Waals surface area contributed by atoms with Gasteiger partial charge in [0.25, 0.3) is 0 Å². The van der Waals surface area contributed by atoms with E-state index in [1.807, 2.05) is 0 Å². The lowest BCUT2D eigenvalue weighted by molar-refractivity contribution is -0.139. The number of fused-ring (bicyclic) bond motifs is 1. The zero-order chi connectivity index (χ0) is 17.8. The number of hydrogen-bond donors (Lipinski definition) is 2. The Hall–Kier alpha value is -2.46. The first-order valence-corrected chi connectivity index (χ1v) is 6.50. The molecule has 2 aromatic rings. The van der Waals surface area contributed by atoms with Gasteiger partial charge in [-0.15, -0.1) is 0 Å². The standard InChI is InChI=1S/C14H9F6N3O/c15-8-2-1-6(5-7(8)14(18,19)20)22-10-4-3-9(16)11(17)12(10)23(24)13(22)21/h1-5,13,24H,21H2. The third-order valence-electron chi connectivity index (χ3n) is 3.59. The molecular formula is C14H9F6N3O. The molecule has 1 aliphatic rings. The van der Waals surface area contributed by atoms with Crippen LogP contribution in [0.5, 0.6) is 0 Å². The van der Waals surface area contributed by atoms with E-state index in [9.17, 15) is 31.5 Å². The summed E-state index contributed by atoms with van der Waals surface area (Å²) in [6.07, 6.45) is -6.48. The Morgan fingerprint density at radius 1 is 1.00 bits per heavy atom. The molecule has 2 aromatic carbocycles. The molecule has 0 aliphatic carbocycles. The highest BCUT2D eigenvalue weighted by atomic mass is 19.4. The Bertz CT molecular complexity index is 810. The van der Waals surface area contributed by atoms with E-state index in [4.69, 9.17) is 5.73 Å². The van der Waals surface area contributed by atoms with E-state index in [1.54, 1.807) is 0 Å². The average Bonchev–Trinajstić information content (AvgIpc) is 2.75. The number of nitrogens with zero attached hydrogens (tertiary/aromatic N) is 2. The monoisotopic (exact) mass is 349 g/mol. The lowest BCUT2D eigenvalue weighted by Crippen LogP contribution is -2.46.